The molecule has 1 aliphatic heterocycles. The first-order valence-electron chi connectivity index (χ1n) is 4.99. The normalized spacial score (nSPS) is 21.5. The van der Waals surface area contributed by atoms with Gasteiger partial charge < -0.3 is 15.2 Å². The zero-order chi connectivity index (χ0) is 11.1. The van der Waals surface area contributed by atoms with Crippen LogP contribution in [0.5, 0.6) is 0 Å². The minimum Gasteiger partial charge on any atom is -0.478 e. The van der Waals surface area contributed by atoms with E-state index in [4.69, 9.17) is 9.84 Å². The molecule has 1 aliphatic rings. The van der Waals surface area contributed by atoms with Gasteiger partial charge in [0.05, 0.1) is 6.10 Å². The molecule has 5 nitrogen and oxygen atoms in total. The molecule has 1 fully saturated rings. The van der Waals surface area contributed by atoms with E-state index >= 15 is 0 Å². The zero-order valence-electron chi connectivity index (χ0n) is 8.44. The Labute approximate surface area is 88.1 Å². The van der Waals surface area contributed by atoms with E-state index in [1.807, 2.05) is 0 Å². The Balaban J connectivity index is 2.18. The molecular weight excluding hydrogens is 198 g/mol. The Morgan fingerprint density at radius 2 is 2.20 bits per heavy atom. The van der Waals surface area contributed by atoms with Crippen LogP contribution in [0.15, 0.2) is 12.2 Å². The largest absolute Gasteiger partial charge is 0.478 e. The Bertz CT molecular complexity index is 256. The van der Waals surface area contributed by atoms with Crippen LogP contribution >= 0.6 is 0 Å². The minimum atomic E-state index is -1.13. The number of carboxylic acids is 1. The summed E-state index contributed by atoms with van der Waals surface area (Å²) in [4.78, 5) is 21.2. The van der Waals surface area contributed by atoms with E-state index in [2.05, 4.69) is 5.32 Å². The molecule has 0 spiro atoms. The lowest BCUT2D eigenvalue weighted by molar-refractivity contribution is -0.131. The molecule has 2 N–H and O–H groups in total. The maximum absolute atomic E-state index is 11.1. The second-order valence-electron chi connectivity index (χ2n) is 3.41. The number of hydrogen-bond acceptors (Lipinski definition) is 3. The predicted octanol–water partition coefficient (Wildman–Crippen LogP) is 0.312. The van der Waals surface area contributed by atoms with Gasteiger partial charge in [-0.1, -0.05) is 0 Å². The third-order valence-electron chi connectivity index (χ3n) is 2.16. The number of rotatable bonds is 4. The van der Waals surface area contributed by atoms with Gasteiger partial charge in [-0.2, -0.15) is 0 Å². The van der Waals surface area contributed by atoms with Crippen LogP contribution < -0.4 is 5.32 Å². The number of carbonyl (C=O) groups excluding carboxylic acids is 1. The maximum Gasteiger partial charge on any atom is 0.328 e. The lowest BCUT2D eigenvalue weighted by atomic mass is 10.1. The highest BCUT2D eigenvalue weighted by molar-refractivity contribution is 5.93. The number of ether oxygens (including phenoxy) is 1. The van der Waals surface area contributed by atoms with Crippen LogP contribution in [0.3, 0.4) is 0 Å². The van der Waals surface area contributed by atoms with Crippen molar-refractivity contribution in [1.29, 1.82) is 0 Å². The van der Waals surface area contributed by atoms with Gasteiger partial charge in [-0.3, -0.25) is 4.79 Å². The van der Waals surface area contributed by atoms with Crippen molar-refractivity contribution in [3.63, 3.8) is 0 Å². The van der Waals surface area contributed by atoms with E-state index in [1.165, 1.54) is 0 Å². The molecule has 0 aromatic heterocycles. The fraction of sp³-hybridized carbons (Fsp3) is 0.600. The van der Waals surface area contributed by atoms with Gasteiger partial charge in [-0.05, 0) is 19.3 Å². The number of carbonyl (C=O) groups is 2. The van der Waals surface area contributed by atoms with Gasteiger partial charge in [0.2, 0.25) is 5.91 Å². The van der Waals surface area contributed by atoms with Crippen molar-refractivity contribution in [3.05, 3.63) is 12.2 Å². The van der Waals surface area contributed by atoms with Crippen molar-refractivity contribution in [2.75, 3.05) is 13.2 Å². The third kappa shape index (κ3) is 5.17. The third-order valence-corrected chi connectivity index (χ3v) is 2.16. The van der Waals surface area contributed by atoms with E-state index in [0.717, 1.165) is 38.0 Å². The fourth-order valence-electron chi connectivity index (χ4n) is 1.39. The Morgan fingerprint density at radius 1 is 1.40 bits per heavy atom. The second kappa shape index (κ2) is 6.19. The first kappa shape index (κ1) is 11.7. The number of hydrogen-bond donors (Lipinski definition) is 2. The van der Waals surface area contributed by atoms with Gasteiger partial charge in [0.1, 0.15) is 0 Å². The first-order valence-corrected chi connectivity index (χ1v) is 4.99. The minimum absolute atomic E-state index is 0.0703. The van der Waals surface area contributed by atoms with Crippen LogP contribution in [-0.2, 0) is 14.3 Å². The van der Waals surface area contributed by atoms with Crippen molar-refractivity contribution >= 4 is 11.9 Å². The molecule has 84 valence electrons. The van der Waals surface area contributed by atoms with Crippen LogP contribution in [-0.4, -0.2) is 36.2 Å². The van der Waals surface area contributed by atoms with E-state index < -0.39 is 11.9 Å². The molecule has 0 aliphatic carbocycles. The van der Waals surface area contributed by atoms with Gasteiger partial charge in [-0.25, -0.2) is 4.79 Å². The van der Waals surface area contributed by atoms with Crippen molar-refractivity contribution in [2.24, 2.45) is 0 Å². The van der Waals surface area contributed by atoms with E-state index in [1.54, 1.807) is 0 Å². The molecule has 15 heavy (non-hydrogen) atoms. The van der Waals surface area contributed by atoms with Crippen LogP contribution in [0.2, 0.25) is 0 Å². The van der Waals surface area contributed by atoms with Crippen molar-refractivity contribution in [2.45, 2.75) is 25.4 Å². The van der Waals surface area contributed by atoms with E-state index in [0.29, 0.717) is 6.54 Å². The molecule has 1 rings (SSSR count). The number of aliphatic carboxylic acids is 1. The molecule has 1 atom stereocenters. The Hall–Kier alpha value is -1.36. The molecule has 1 amide bonds. The molecule has 1 saturated heterocycles. The van der Waals surface area contributed by atoms with E-state index in [9.17, 15) is 9.59 Å². The molecule has 0 radical (unpaired) electrons. The van der Waals surface area contributed by atoms with E-state index in [-0.39, 0.29) is 6.10 Å². The Morgan fingerprint density at radius 3 is 2.80 bits per heavy atom. The number of carboxylic acid groups (broad SMARTS) is 1. The molecule has 0 aromatic rings. The first-order chi connectivity index (χ1) is 7.18. The van der Waals surface area contributed by atoms with Crippen molar-refractivity contribution in [3.8, 4) is 0 Å². The van der Waals surface area contributed by atoms with Crippen LogP contribution in [0, 0.1) is 0 Å². The summed E-state index contributed by atoms with van der Waals surface area (Å²) >= 11 is 0. The summed E-state index contributed by atoms with van der Waals surface area (Å²) in [6.07, 6.45) is 5.03. The van der Waals surface area contributed by atoms with Gasteiger partial charge >= 0.3 is 5.97 Å². The van der Waals surface area contributed by atoms with Gasteiger partial charge in [0.15, 0.2) is 0 Å². The standard InChI is InChI=1S/C10H15NO4/c12-9(4-5-10(13)14)11-7-8-3-1-2-6-15-8/h4-5,8H,1-3,6-7H2,(H,11,12)(H,13,14). The predicted molar refractivity (Wildman–Crippen MR) is 53.4 cm³/mol. The van der Waals surface area contributed by atoms with Gasteiger partial charge in [-0.15, -0.1) is 0 Å². The van der Waals surface area contributed by atoms with Crippen LogP contribution in [0.1, 0.15) is 19.3 Å². The monoisotopic (exact) mass is 213 g/mol. The average Bonchev–Trinajstić information content (AvgIpc) is 2.25. The maximum atomic E-state index is 11.1. The summed E-state index contributed by atoms with van der Waals surface area (Å²) in [7, 11) is 0. The average molecular weight is 213 g/mol. The second-order valence-corrected chi connectivity index (χ2v) is 3.41. The van der Waals surface area contributed by atoms with Crippen LogP contribution in [0.25, 0.3) is 0 Å². The summed E-state index contributed by atoms with van der Waals surface area (Å²) in [5, 5.41) is 10.9. The topological polar surface area (TPSA) is 75.6 Å². The summed E-state index contributed by atoms with van der Waals surface area (Å²) in [6, 6.07) is 0. The van der Waals surface area contributed by atoms with Gasteiger partial charge in [0.25, 0.3) is 0 Å². The molecule has 1 unspecified atom stereocenters. The number of nitrogens with one attached hydrogen (secondary N) is 1. The lowest BCUT2D eigenvalue weighted by Crippen LogP contribution is -2.34. The Kier molecular flexibility index (Phi) is 4.83. The molecular formula is C10H15NO4. The summed E-state index contributed by atoms with van der Waals surface area (Å²) in [5.74, 6) is -1.52. The molecule has 1 heterocycles. The molecule has 5 heteroatoms. The molecule has 0 aromatic carbocycles. The highest BCUT2D eigenvalue weighted by Gasteiger charge is 2.13. The van der Waals surface area contributed by atoms with Crippen molar-refractivity contribution < 1.29 is 19.4 Å². The highest BCUT2D eigenvalue weighted by atomic mass is 16.5. The summed E-state index contributed by atoms with van der Waals surface area (Å²) in [5.41, 5.74) is 0. The zero-order valence-corrected chi connectivity index (χ0v) is 8.44. The van der Waals surface area contributed by atoms with Gasteiger partial charge in [0, 0.05) is 25.3 Å². The fourth-order valence-corrected chi connectivity index (χ4v) is 1.39. The quantitative estimate of drug-likeness (QED) is 0.659. The molecule has 0 bridgehead atoms. The SMILES string of the molecule is O=C(O)C=CC(=O)NCC1CCCCO1. The molecule has 0 saturated carbocycles. The summed E-state index contributed by atoms with van der Waals surface area (Å²) < 4.78 is 5.40. The smallest absolute Gasteiger partial charge is 0.328 e. The summed E-state index contributed by atoms with van der Waals surface area (Å²) in [6.45, 7) is 1.19. The highest BCUT2D eigenvalue weighted by Crippen LogP contribution is 2.11. The lowest BCUT2D eigenvalue weighted by Gasteiger charge is -2.22. The number of amides is 1. The van der Waals surface area contributed by atoms with Crippen molar-refractivity contribution in [1.82, 2.24) is 5.32 Å². The van der Waals surface area contributed by atoms with Crippen LogP contribution in [0.4, 0.5) is 0 Å².